The van der Waals surface area contributed by atoms with Gasteiger partial charge in [-0.15, -0.1) is 0 Å². The predicted molar refractivity (Wildman–Crippen MR) is 178 cm³/mol. The van der Waals surface area contributed by atoms with Crippen LogP contribution >= 0.6 is 23.8 Å². The number of nitrogens with two attached hydrogens (primary N) is 1. The molecule has 46 heavy (non-hydrogen) atoms. The van der Waals surface area contributed by atoms with Crippen LogP contribution in [-0.2, 0) is 29.0 Å². The Morgan fingerprint density at radius 2 is 1.85 bits per heavy atom. The number of nitrogens with zero attached hydrogens (tertiary/aromatic N) is 2. The zero-order valence-corrected chi connectivity index (χ0v) is 27.9. The lowest BCUT2D eigenvalue weighted by molar-refractivity contribution is -0.144. The van der Waals surface area contributed by atoms with E-state index >= 15 is 0 Å². The summed E-state index contributed by atoms with van der Waals surface area (Å²) in [5.41, 5.74) is 6.93. The van der Waals surface area contributed by atoms with Crippen LogP contribution in [0.1, 0.15) is 63.3 Å². The number of hydrogen-bond acceptors (Lipinski definition) is 4. The van der Waals surface area contributed by atoms with Crippen LogP contribution in [-0.4, -0.2) is 67.5 Å². The van der Waals surface area contributed by atoms with Gasteiger partial charge in [0.25, 0.3) is 0 Å². The van der Waals surface area contributed by atoms with Gasteiger partial charge < -0.3 is 26.0 Å². The molecule has 0 saturated carbocycles. The molecule has 4 atom stereocenters. The van der Waals surface area contributed by atoms with E-state index in [4.69, 9.17) is 29.6 Å². The third-order valence-electron chi connectivity index (χ3n) is 9.05. The van der Waals surface area contributed by atoms with E-state index in [1.54, 1.807) is 14.0 Å². The highest BCUT2D eigenvalue weighted by Crippen LogP contribution is 2.38. The molecule has 0 spiro atoms. The van der Waals surface area contributed by atoms with E-state index in [-0.39, 0.29) is 29.4 Å². The number of carbonyl (C=O) groups is 3. The van der Waals surface area contributed by atoms with Gasteiger partial charge in [0.1, 0.15) is 23.2 Å². The fourth-order valence-electron chi connectivity index (χ4n) is 6.41. The monoisotopic (exact) mass is 675 g/mol. The van der Waals surface area contributed by atoms with Gasteiger partial charge in [-0.3, -0.25) is 14.5 Å². The van der Waals surface area contributed by atoms with Crippen LogP contribution in [0.15, 0.2) is 36.4 Å². The normalized spacial score (nSPS) is 17.9. The Hall–Kier alpha value is -3.77. The Labute approximate surface area is 277 Å². The van der Waals surface area contributed by atoms with Crippen molar-refractivity contribution in [2.24, 2.45) is 11.7 Å². The van der Waals surface area contributed by atoms with Crippen LogP contribution in [0.2, 0.25) is 5.02 Å². The molecule has 13 heteroatoms. The highest BCUT2D eigenvalue weighted by molar-refractivity contribution is 7.80. The SMILES string of the molecule is CCCC(C(N)=S)N(C)C(=O)C1(NC(=O)[C@H](C(C)CC)N(Cc2ccc(F)cc2)C(=O)O)CCc2[nH]c3c(Cl)cc(F)cc3c2C1. The van der Waals surface area contributed by atoms with Crippen molar-refractivity contribution in [3.05, 3.63) is 69.9 Å². The van der Waals surface area contributed by atoms with Crippen molar-refractivity contribution in [3.63, 3.8) is 0 Å². The van der Waals surface area contributed by atoms with Gasteiger partial charge in [-0.2, -0.15) is 0 Å². The van der Waals surface area contributed by atoms with Crippen molar-refractivity contribution in [1.29, 1.82) is 0 Å². The van der Waals surface area contributed by atoms with Gasteiger partial charge in [-0.25, -0.2) is 13.6 Å². The number of aromatic amines is 1. The minimum Gasteiger partial charge on any atom is -0.465 e. The lowest BCUT2D eigenvalue weighted by Gasteiger charge is -2.43. The van der Waals surface area contributed by atoms with E-state index in [1.807, 2.05) is 13.8 Å². The summed E-state index contributed by atoms with van der Waals surface area (Å²) in [7, 11) is 1.58. The maximum absolute atomic E-state index is 14.6. The third-order valence-corrected chi connectivity index (χ3v) is 9.62. The van der Waals surface area contributed by atoms with E-state index in [1.165, 1.54) is 41.3 Å². The van der Waals surface area contributed by atoms with Crippen LogP contribution in [0.5, 0.6) is 0 Å². The topological polar surface area (TPSA) is 132 Å². The molecule has 1 aliphatic rings. The van der Waals surface area contributed by atoms with Crippen molar-refractivity contribution in [2.75, 3.05) is 7.05 Å². The first kappa shape index (κ1) is 35.1. The first-order chi connectivity index (χ1) is 21.7. The summed E-state index contributed by atoms with van der Waals surface area (Å²) in [6, 6.07) is 6.14. The summed E-state index contributed by atoms with van der Waals surface area (Å²) in [6.07, 6.45) is 0.779. The average molecular weight is 676 g/mol. The zero-order valence-electron chi connectivity index (χ0n) is 26.3. The lowest BCUT2D eigenvalue weighted by Crippen LogP contribution is -2.66. The third kappa shape index (κ3) is 7.12. The van der Waals surface area contributed by atoms with Crippen molar-refractivity contribution in [3.8, 4) is 0 Å². The quantitative estimate of drug-likeness (QED) is 0.176. The molecule has 0 radical (unpaired) electrons. The summed E-state index contributed by atoms with van der Waals surface area (Å²) >= 11 is 11.7. The molecule has 248 valence electrons. The maximum atomic E-state index is 14.6. The molecule has 4 rings (SSSR count). The van der Waals surface area contributed by atoms with Crippen LogP contribution < -0.4 is 11.1 Å². The predicted octanol–water partition coefficient (Wildman–Crippen LogP) is 5.95. The van der Waals surface area contributed by atoms with Gasteiger partial charge in [0, 0.05) is 31.1 Å². The largest absolute Gasteiger partial charge is 0.465 e. The van der Waals surface area contributed by atoms with Gasteiger partial charge in [0.2, 0.25) is 11.8 Å². The number of carboxylic acid groups (broad SMARTS) is 1. The van der Waals surface area contributed by atoms with Crippen molar-refractivity contribution in [2.45, 2.75) is 83.5 Å². The molecule has 1 heterocycles. The number of fused-ring (bicyclic) bond motifs is 3. The molecule has 0 fully saturated rings. The molecule has 3 amide bonds. The van der Waals surface area contributed by atoms with E-state index in [9.17, 15) is 28.3 Å². The number of amides is 3. The molecule has 9 nitrogen and oxygen atoms in total. The molecule has 1 aliphatic carbocycles. The smallest absolute Gasteiger partial charge is 0.408 e. The number of aromatic nitrogens is 1. The minimum atomic E-state index is -1.55. The summed E-state index contributed by atoms with van der Waals surface area (Å²) in [6.45, 7) is 5.37. The summed E-state index contributed by atoms with van der Waals surface area (Å²) in [5.74, 6) is -2.58. The number of thiocarbonyl (C=S) groups is 1. The number of likely N-dealkylation sites (N-methyl/N-ethyl adjacent to an activating group) is 1. The van der Waals surface area contributed by atoms with E-state index in [0.717, 1.165) is 10.6 Å². The van der Waals surface area contributed by atoms with Crippen molar-refractivity contribution >= 4 is 57.6 Å². The van der Waals surface area contributed by atoms with Gasteiger partial charge in [0.05, 0.1) is 21.6 Å². The first-order valence-electron chi connectivity index (χ1n) is 15.3. The Morgan fingerprint density at radius 3 is 2.43 bits per heavy atom. The lowest BCUT2D eigenvalue weighted by atomic mass is 9.77. The number of H-pyrrole nitrogens is 1. The number of hydrogen-bond donors (Lipinski definition) is 4. The van der Waals surface area contributed by atoms with Crippen molar-refractivity contribution < 1.29 is 28.3 Å². The summed E-state index contributed by atoms with van der Waals surface area (Å²) < 4.78 is 28.2. The molecule has 1 aromatic heterocycles. The highest BCUT2D eigenvalue weighted by atomic mass is 35.5. The molecule has 0 bridgehead atoms. The van der Waals surface area contributed by atoms with Gasteiger partial charge >= 0.3 is 6.09 Å². The molecule has 0 saturated heterocycles. The molecule has 0 aliphatic heterocycles. The molecule has 3 unspecified atom stereocenters. The maximum Gasteiger partial charge on any atom is 0.408 e. The molecule has 3 aromatic rings. The zero-order chi connectivity index (χ0) is 33.9. The fourth-order valence-corrected chi connectivity index (χ4v) is 6.93. The summed E-state index contributed by atoms with van der Waals surface area (Å²) in [5, 5.41) is 14.0. The Kier molecular flexibility index (Phi) is 10.9. The van der Waals surface area contributed by atoms with Gasteiger partial charge in [-0.05, 0) is 60.6 Å². The van der Waals surface area contributed by atoms with E-state index in [2.05, 4.69) is 10.3 Å². The van der Waals surface area contributed by atoms with Crippen LogP contribution in [0.25, 0.3) is 10.9 Å². The van der Waals surface area contributed by atoms with Gasteiger partial charge in [-0.1, -0.05) is 69.6 Å². The first-order valence-corrected chi connectivity index (χ1v) is 16.1. The Balaban J connectivity index is 1.80. The number of rotatable bonds is 12. The molecular formula is C33H40ClF2N5O4S. The number of halogens is 3. The number of nitrogens with one attached hydrogen (secondary N) is 2. The second-order valence-electron chi connectivity index (χ2n) is 12.1. The second-order valence-corrected chi connectivity index (χ2v) is 13.0. The standard InChI is InChI=1S/C33H40ClF2N5O4S/c1-5-7-26(29(37)46)40(4)31(43)33(13-12-25-23(16-33)22-14-21(36)15-24(34)27(22)38-25)39-30(42)28(18(3)6-2)41(32(44)45)17-19-8-10-20(35)11-9-19/h8-11,14-15,18,26,28,38H,5-7,12-13,16-17H2,1-4H3,(H2,37,46)(H,39,42)(H,44,45)/t18?,26?,28-,33?/m0/s1. The number of carbonyl (C=O) groups excluding carboxylic acids is 2. The Morgan fingerprint density at radius 1 is 1.17 bits per heavy atom. The molecule has 5 N–H and O–H groups in total. The number of benzene rings is 2. The van der Waals surface area contributed by atoms with Crippen LogP contribution in [0.4, 0.5) is 13.6 Å². The van der Waals surface area contributed by atoms with Crippen LogP contribution in [0, 0.1) is 17.6 Å². The average Bonchev–Trinajstić information content (AvgIpc) is 3.37. The van der Waals surface area contributed by atoms with Gasteiger partial charge in [0.15, 0.2) is 0 Å². The minimum absolute atomic E-state index is 0.00847. The van der Waals surface area contributed by atoms with Crippen molar-refractivity contribution in [1.82, 2.24) is 20.1 Å². The van der Waals surface area contributed by atoms with E-state index < -0.39 is 53.1 Å². The fraction of sp³-hybridized carbons (Fsp3) is 0.455. The highest BCUT2D eigenvalue weighted by Gasteiger charge is 2.48. The number of aryl methyl sites for hydroxylation is 1. The van der Waals surface area contributed by atoms with Crippen LogP contribution in [0.3, 0.4) is 0 Å². The molecular weight excluding hydrogens is 636 g/mol. The van der Waals surface area contributed by atoms with E-state index in [0.29, 0.717) is 47.7 Å². The second kappa shape index (κ2) is 14.3. The molecule has 2 aromatic carbocycles. The summed E-state index contributed by atoms with van der Waals surface area (Å²) in [4.78, 5) is 47.5. The Bertz CT molecular complexity index is 1630.